The van der Waals surface area contributed by atoms with Crippen LogP contribution in [0.4, 0.5) is 10.7 Å². The Hall–Kier alpha value is -2.67. The van der Waals surface area contributed by atoms with Crippen LogP contribution < -0.4 is 10.6 Å². The first kappa shape index (κ1) is 21.0. The highest BCUT2D eigenvalue weighted by Crippen LogP contribution is 2.39. The molecule has 0 saturated heterocycles. The molecule has 7 heteroatoms. The highest BCUT2D eigenvalue weighted by Gasteiger charge is 2.28. The maximum absolute atomic E-state index is 12.9. The number of hydrogen-bond acceptors (Lipinski definition) is 5. The van der Waals surface area contributed by atoms with Crippen molar-refractivity contribution >= 4 is 39.8 Å². The minimum atomic E-state index is -0.391. The molecule has 1 aromatic carbocycles. The van der Waals surface area contributed by atoms with E-state index < -0.39 is 5.97 Å². The molecule has 0 unspecified atom stereocenters. The van der Waals surface area contributed by atoms with Crippen LogP contribution in [0.15, 0.2) is 18.2 Å². The molecule has 3 rings (SSSR count). The molecule has 6 nitrogen and oxygen atoms in total. The van der Waals surface area contributed by atoms with Crippen LogP contribution in [-0.4, -0.2) is 23.9 Å². The molecule has 1 aliphatic carbocycles. The highest BCUT2D eigenvalue weighted by atomic mass is 32.1. The number of hydrogen-bond donors (Lipinski definition) is 2. The van der Waals surface area contributed by atoms with Gasteiger partial charge in [0.1, 0.15) is 5.00 Å². The molecule has 2 amide bonds. The van der Waals surface area contributed by atoms with Gasteiger partial charge < -0.3 is 15.4 Å². The molecular weight excluding hydrogens is 388 g/mol. The zero-order valence-corrected chi connectivity index (χ0v) is 18.0. The number of fused-ring (bicyclic) bond motifs is 1. The Morgan fingerprint density at radius 3 is 2.52 bits per heavy atom. The Kier molecular flexibility index (Phi) is 6.37. The average molecular weight is 415 g/mol. The predicted octanol–water partition coefficient (Wildman–Crippen LogP) is 4.71. The summed E-state index contributed by atoms with van der Waals surface area (Å²) in [5, 5.41) is 6.17. The molecular formula is C22H26N2O4S. The standard InChI is InChI=1S/C22H26N2O4S/c1-12(2)28-22(27)19-16-7-5-6-8-18(16)29-21(19)24-20(26)15-10-9-13(3)17(11-15)23-14(4)25/h9-12H,5-8H2,1-4H3,(H,23,25)(H,24,26). The number of carbonyl (C=O) groups is 3. The number of aryl methyl sites for hydroxylation is 2. The van der Waals surface area contributed by atoms with Gasteiger partial charge in [-0.3, -0.25) is 9.59 Å². The number of nitrogens with one attached hydrogen (secondary N) is 2. The van der Waals surface area contributed by atoms with Gasteiger partial charge in [-0.2, -0.15) is 0 Å². The number of benzene rings is 1. The first-order valence-corrected chi connectivity index (χ1v) is 10.6. The van der Waals surface area contributed by atoms with Crippen molar-refractivity contribution in [2.45, 2.75) is 59.5 Å². The van der Waals surface area contributed by atoms with Crippen molar-refractivity contribution < 1.29 is 19.1 Å². The molecule has 0 aliphatic heterocycles. The molecule has 1 heterocycles. The van der Waals surface area contributed by atoms with E-state index in [0.717, 1.165) is 41.7 Å². The third-order valence-electron chi connectivity index (χ3n) is 4.76. The summed E-state index contributed by atoms with van der Waals surface area (Å²) in [5.41, 5.74) is 3.36. The average Bonchev–Trinajstić information content (AvgIpc) is 3.00. The summed E-state index contributed by atoms with van der Waals surface area (Å²) in [5.74, 6) is -0.915. The van der Waals surface area contributed by atoms with Crippen molar-refractivity contribution in [2.24, 2.45) is 0 Å². The number of carbonyl (C=O) groups excluding carboxylic acids is 3. The monoisotopic (exact) mass is 414 g/mol. The van der Waals surface area contributed by atoms with Gasteiger partial charge in [0.2, 0.25) is 5.91 Å². The summed E-state index contributed by atoms with van der Waals surface area (Å²) in [6, 6.07) is 5.13. The van der Waals surface area contributed by atoms with Gasteiger partial charge in [0.15, 0.2) is 0 Å². The van der Waals surface area contributed by atoms with E-state index in [4.69, 9.17) is 4.74 Å². The van der Waals surface area contributed by atoms with Gasteiger partial charge in [-0.15, -0.1) is 11.3 Å². The lowest BCUT2D eigenvalue weighted by atomic mass is 9.95. The summed E-state index contributed by atoms with van der Waals surface area (Å²) < 4.78 is 5.44. The number of anilines is 2. The number of amides is 2. The molecule has 0 bridgehead atoms. The Bertz CT molecular complexity index is 962. The van der Waals surface area contributed by atoms with E-state index in [-0.39, 0.29) is 17.9 Å². The minimum Gasteiger partial charge on any atom is -0.459 e. The fourth-order valence-corrected chi connectivity index (χ4v) is 4.68. The summed E-state index contributed by atoms with van der Waals surface area (Å²) in [6.07, 6.45) is 3.60. The topological polar surface area (TPSA) is 84.5 Å². The fraction of sp³-hybridized carbons (Fsp3) is 0.409. The molecule has 0 radical (unpaired) electrons. The molecule has 0 atom stereocenters. The molecule has 1 aliphatic rings. The van der Waals surface area contributed by atoms with E-state index >= 15 is 0 Å². The number of thiophene rings is 1. The van der Waals surface area contributed by atoms with E-state index in [1.165, 1.54) is 18.3 Å². The molecule has 0 saturated carbocycles. The lowest BCUT2D eigenvalue weighted by Crippen LogP contribution is -2.18. The van der Waals surface area contributed by atoms with Crippen molar-refractivity contribution in [3.05, 3.63) is 45.3 Å². The van der Waals surface area contributed by atoms with E-state index in [1.54, 1.807) is 18.2 Å². The number of esters is 1. The quantitative estimate of drug-likeness (QED) is 0.694. The normalized spacial score (nSPS) is 13.0. The molecule has 154 valence electrons. The number of ether oxygens (including phenoxy) is 1. The van der Waals surface area contributed by atoms with Crippen LogP contribution in [0, 0.1) is 6.92 Å². The Balaban J connectivity index is 1.91. The third kappa shape index (κ3) is 4.85. The van der Waals surface area contributed by atoms with Crippen LogP contribution in [-0.2, 0) is 22.4 Å². The molecule has 0 spiro atoms. The first-order valence-electron chi connectivity index (χ1n) is 9.81. The Morgan fingerprint density at radius 2 is 1.83 bits per heavy atom. The van der Waals surface area contributed by atoms with Crippen LogP contribution in [0.5, 0.6) is 0 Å². The van der Waals surface area contributed by atoms with Crippen molar-refractivity contribution in [1.82, 2.24) is 0 Å². The zero-order valence-electron chi connectivity index (χ0n) is 17.2. The van der Waals surface area contributed by atoms with E-state index in [2.05, 4.69) is 10.6 Å². The van der Waals surface area contributed by atoms with Crippen molar-refractivity contribution in [2.75, 3.05) is 10.6 Å². The van der Waals surface area contributed by atoms with Gasteiger partial charge in [-0.1, -0.05) is 6.07 Å². The second-order valence-electron chi connectivity index (χ2n) is 7.53. The first-order chi connectivity index (χ1) is 13.8. The van der Waals surface area contributed by atoms with Gasteiger partial charge in [-0.05, 0) is 69.7 Å². The molecule has 29 heavy (non-hydrogen) atoms. The van der Waals surface area contributed by atoms with Crippen LogP contribution in [0.2, 0.25) is 0 Å². The van der Waals surface area contributed by atoms with Gasteiger partial charge in [0.25, 0.3) is 5.91 Å². The van der Waals surface area contributed by atoms with Gasteiger partial charge in [0.05, 0.1) is 11.7 Å². The van der Waals surface area contributed by atoms with Crippen LogP contribution in [0.1, 0.15) is 70.3 Å². The van der Waals surface area contributed by atoms with Crippen molar-refractivity contribution in [3.63, 3.8) is 0 Å². The van der Waals surface area contributed by atoms with E-state index in [9.17, 15) is 14.4 Å². The lowest BCUT2D eigenvalue weighted by Gasteiger charge is -2.14. The van der Waals surface area contributed by atoms with Crippen LogP contribution in [0.25, 0.3) is 0 Å². The maximum Gasteiger partial charge on any atom is 0.341 e. The SMILES string of the molecule is CC(=O)Nc1cc(C(=O)Nc2sc3c(c2C(=O)OC(C)C)CCCC3)ccc1C. The van der Waals surface area contributed by atoms with Crippen LogP contribution >= 0.6 is 11.3 Å². The van der Waals surface area contributed by atoms with Gasteiger partial charge >= 0.3 is 5.97 Å². The summed E-state index contributed by atoms with van der Waals surface area (Å²) in [6.45, 7) is 6.91. The minimum absolute atomic E-state index is 0.199. The largest absolute Gasteiger partial charge is 0.459 e. The van der Waals surface area contributed by atoms with Crippen molar-refractivity contribution in [3.8, 4) is 0 Å². The fourth-order valence-electron chi connectivity index (χ4n) is 3.41. The molecule has 2 N–H and O–H groups in total. The summed E-state index contributed by atoms with van der Waals surface area (Å²) in [4.78, 5) is 38.2. The maximum atomic E-state index is 12.9. The molecule has 2 aromatic rings. The predicted molar refractivity (Wildman–Crippen MR) is 115 cm³/mol. The summed E-state index contributed by atoms with van der Waals surface area (Å²) in [7, 11) is 0. The highest BCUT2D eigenvalue weighted by molar-refractivity contribution is 7.17. The van der Waals surface area contributed by atoms with E-state index in [0.29, 0.717) is 21.8 Å². The van der Waals surface area contributed by atoms with E-state index in [1.807, 2.05) is 20.8 Å². The smallest absolute Gasteiger partial charge is 0.341 e. The van der Waals surface area contributed by atoms with Crippen LogP contribution in [0.3, 0.4) is 0 Å². The lowest BCUT2D eigenvalue weighted by molar-refractivity contribution is -0.114. The Labute approximate surface area is 174 Å². The number of rotatable bonds is 5. The second-order valence-corrected chi connectivity index (χ2v) is 8.64. The molecule has 0 fully saturated rings. The Morgan fingerprint density at radius 1 is 1.10 bits per heavy atom. The van der Waals surface area contributed by atoms with Gasteiger partial charge in [0, 0.05) is 23.1 Å². The van der Waals surface area contributed by atoms with Gasteiger partial charge in [-0.25, -0.2) is 4.79 Å². The second kappa shape index (κ2) is 8.78. The third-order valence-corrected chi connectivity index (χ3v) is 5.96. The van der Waals surface area contributed by atoms with Crippen molar-refractivity contribution in [1.29, 1.82) is 0 Å². The molecule has 1 aromatic heterocycles. The summed E-state index contributed by atoms with van der Waals surface area (Å²) >= 11 is 1.46. The zero-order chi connectivity index (χ0) is 21.1.